The molecular formula is C11H7BrFN. The van der Waals surface area contributed by atoms with Crippen LogP contribution in [0.3, 0.4) is 0 Å². The quantitative estimate of drug-likeness (QED) is 0.706. The topological polar surface area (TPSA) is 12.9 Å². The lowest BCUT2D eigenvalue weighted by Crippen LogP contribution is -1.83. The first kappa shape index (κ1) is 9.34. The molecule has 1 heterocycles. The molecule has 0 saturated heterocycles. The van der Waals surface area contributed by atoms with Gasteiger partial charge >= 0.3 is 0 Å². The van der Waals surface area contributed by atoms with Crippen molar-refractivity contribution in [1.29, 1.82) is 0 Å². The zero-order valence-electron chi connectivity index (χ0n) is 7.24. The molecular weight excluding hydrogens is 245 g/mol. The molecule has 0 spiro atoms. The molecule has 1 nitrogen and oxygen atoms in total. The van der Waals surface area contributed by atoms with Crippen LogP contribution in [0.5, 0.6) is 0 Å². The number of benzene rings is 1. The molecule has 0 aliphatic carbocycles. The molecule has 1 aromatic carbocycles. The normalized spacial score (nSPS) is 10.1. The van der Waals surface area contributed by atoms with Gasteiger partial charge in [-0.25, -0.2) is 4.98 Å². The first-order valence-electron chi connectivity index (χ1n) is 4.13. The van der Waals surface area contributed by atoms with Crippen molar-refractivity contribution < 1.29 is 4.39 Å². The van der Waals surface area contributed by atoms with Crippen molar-refractivity contribution >= 4 is 15.9 Å². The minimum Gasteiger partial charge on any atom is -0.228 e. The predicted octanol–water partition coefficient (Wildman–Crippen LogP) is 3.65. The highest BCUT2D eigenvalue weighted by Crippen LogP contribution is 2.20. The van der Waals surface area contributed by atoms with E-state index >= 15 is 0 Å². The zero-order chi connectivity index (χ0) is 9.97. The Balaban J connectivity index is 2.40. The van der Waals surface area contributed by atoms with Crippen molar-refractivity contribution in [2.24, 2.45) is 0 Å². The van der Waals surface area contributed by atoms with Gasteiger partial charge in [0.15, 0.2) is 0 Å². The summed E-state index contributed by atoms with van der Waals surface area (Å²) in [5.41, 5.74) is 1.94. The smallest absolute Gasteiger partial charge is 0.212 e. The monoisotopic (exact) mass is 251 g/mol. The van der Waals surface area contributed by atoms with E-state index in [0.29, 0.717) is 0 Å². The number of halogens is 2. The highest BCUT2D eigenvalue weighted by atomic mass is 79.9. The van der Waals surface area contributed by atoms with Gasteiger partial charge in [-0.2, -0.15) is 4.39 Å². The molecule has 1 aromatic heterocycles. The van der Waals surface area contributed by atoms with Crippen LogP contribution in [0.2, 0.25) is 0 Å². The van der Waals surface area contributed by atoms with Gasteiger partial charge in [0.2, 0.25) is 5.95 Å². The first-order chi connectivity index (χ1) is 6.75. The molecule has 0 atom stereocenters. The Labute approximate surface area is 89.7 Å². The third-order valence-electron chi connectivity index (χ3n) is 1.90. The second kappa shape index (κ2) is 3.88. The molecule has 0 aliphatic heterocycles. The lowest BCUT2D eigenvalue weighted by atomic mass is 10.1. The molecule has 14 heavy (non-hydrogen) atoms. The molecule has 0 radical (unpaired) electrons. The first-order valence-corrected chi connectivity index (χ1v) is 4.92. The summed E-state index contributed by atoms with van der Waals surface area (Å²) in [6, 6.07) is 10.9. The van der Waals surface area contributed by atoms with Gasteiger partial charge < -0.3 is 0 Å². The Morgan fingerprint density at radius 2 is 1.57 bits per heavy atom. The third-order valence-corrected chi connectivity index (χ3v) is 2.43. The second-order valence-corrected chi connectivity index (χ2v) is 3.79. The van der Waals surface area contributed by atoms with Crippen molar-refractivity contribution in [3.05, 3.63) is 53.0 Å². The third kappa shape index (κ3) is 1.99. The largest absolute Gasteiger partial charge is 0.228 e. The maximum Gasteiger partial charge on any atom is 0.212 e. The molecule has 2 aromatic rings. The Hall–Kier alpha value is -1.22. The van der Waals surface area contributed by atoms with Crippen molar-refractivity contribution in [3.63, 3.8) is 0 Å². The summed E-state index contributed by atoms with van der Waals surface area (Å²) in [6.07, 6.45) is 1.53. The van der Waals surface area contributed by atoms with Crippen molar-refractivity contribution in [2.45, 2.75) is 0 Å². The zero-order valence-corrected chi connectivity index (χ0v) is 8.83. The molecule has 0 bridgehead atoms. The van der Waals surface area contributed by atoms with E-state index in [-0.39, 0.29) is 0 Å². The van der Waals surface area contributed by atoms with Gasteiger partial charge in [0, 0.05) is 16.2 Å². The maximum atomic E-state index is 12.5. The standard InChI is InChI=1S/C11H7BrFN/c12-10-4-1-8(2-5-10)9-3-6-11(13)14-7-9/h1-7H. The Kier molecular flexibility index (Phi) is 2.59. The average molecular weight is 252 g/mol. The van der Waals surface area contributed by atoms with Gasteiger partial charge in [0.05, 0.1) is 0 Å². The summed E-state index contributed by atoms with van der Waals surface area (Å²) >= 11 is 3.35. The van der Waals surface area contributed by atoms with E-state index < -0.39 is 5.95 Å². The van der Waals surface area contributed by atoms with Crippen LogP contribution in [-0.4, -0.2) is 4.98 Å². The van der Waals surface area contributed by atoms with Gasteiger partial charge in [-0.05, 0) is 29.8 Å². The summed E-state index contributed by atoms with van der Waals surface area (Å²) in [7, 11) is 0. The highest BCUT2D eigenvalue weighted by molar-refractivity contribution is 9.10. The summed E-state index contributed by atoms with van der Waals surface area (Å²) in [4.78, 5) is 3.60. The Morgan fingerprint density at radius 1 is 0.929 bits per heavy atom. The molecule has 0 unspecified atom stereocenters. The second-order valence-electron chi connectivity index (χ2n) is 2.88. The molecule has 0 N–H and O–H groups in total. The van der Waals surface area contributed by atoms with E-state index in [4.69, 9.17) is 0 Å². The van der Waals surface area contributed by atoms with Crippen LogP contribution < -0.4 is 0 Å². The van der Waals surface area contributed by atoms with Crippen LogP contribution in [0.25, 0.3) is 11.1 Å². The van der Waals surface area contributed by atoms with E-state index in [1.54, 1.807) is 6.07 Å². The Bertz CT molecular complexity index is 379. The van der Waals surface area contributed by atoms with Gasteiger partial charge in [-0.3, -0.25) is 0 Å². The maximum absolute atomic E-state index is 12.5. The lowest BCUT2D eigenvalue weighted by molar-refractivity contribution is 0.584. The molecule has 3 heteroatoms. The van der Waals surface area contributed by atoms with Crippen LogP contribution in [0, 0.1) is 5.95 Å². The molecule has 0 amide bonds. The van der Waals surface area contributed by atoms with Crippen LogP contribution in [0.1, 0.15) is 0 Å². The lowest BCUT2D eigenvalue weighted by Gasteiger charge is -2.00. The van der Waals surface area contributed by atoms with Crippen molar-refractivity contribution in [3.8, 4) is 11.1 Å². The number of aromatic nitrogens is 1. The minimum atomic E-state index is -0.453. The summed E-state index contributed by atoms with van der Waals surface area (Å²) in [6.45, 7) is 0. The van der Waals surface area contributed by atoms with E-state index in [9.17, 15) is 4.39 Å². The molecule has 0 aliphatic rings. The van der Waals surface area contributed by atoms with E-state index in [1.807, 2.05) is 24.3 Å². The highest BCUT2D eigenvalue weighted by Gasteiger charge is 1.97. The van der Waals surface area contributed by atoms with Crippen molar-refractivity contribution in [1.82, 2.24) is 4.98 Å². The summed E-state index contributed by atoms with van der Waals surface area (Å²) < 4.78 is 13.6. The number of nitrogens with zero attached hydrogens (tertiary/aromatic N) is 1. The van der Waals surface area contributed by atoms with Gasteiger partial charge in [-0.1, -0.05) is 28.1 Å². The molecule has 70 valence electrons. The average Bonchev–Trinajstić information content (AvgIpc) is 2.21. The fourth-order valence-corrected chi connectivity index (χ4v) is 1.45. The van der Waals surface area contributed by atoms with Gasteiger partial charge in [0.1, 0.15) is 0 Å². The molecule has 2 rings (SSSR count). The number of pyridine rings is 1. The minimum absolute atomic E-state index is 0.453. The van der Waals surface area contributed by atoms with Crippen LogP contribution in [0.4, 0.5) is 4.39 Å². The fraction of sp³-hybridized carbons (Fsp3) is 0. The summed E-state index contributed by atoms with van der Waals surface area (Å²) in [5, 5.41) is 0. The molecule has 0 saturated carbocycles. The van der Waals surface area contributed by atoms with E-state index in [2.05, 4.69) is 20.9 Å². The van der Waals surface area contributed by atoms with Gasteiger partial charge in [-0.15, -0.1) is 0 Å². The number of hydrogen-bond donors (Lipinski definition) is 0. The Morgan fingerprint density at radius 3 is 2.14 bits per heavy atom. The van der Waals surface area contributed by atoms with Crippen LogP contribution in [-0.2, 0) is 0 Å². The van der Waals surface area contributed by atoms with Crippen LogP contribution >= 0.6 is 15.9 Å². The summed E-state index contributed by atoms with van der Waals surface area (Å²) in [5.74, 6) is -0.453. The van der Waals surface area contributed by atoms with Gasteiger partial charge in [0.25, 0.3) is 0 Å². The van der Waals surface area contributed by atoms with E-state index in [1.165, 1.54) is 12.3 Å². The number of hydrogen-bond acceptors (Lipinski definition) is 1. The van der Waals surface area contributed by atoms with Crippen molar-refractivity contribution in [2.75, 3.05) is 0 Å². The number of rotatable bonds is 1. The SMILES string of the molecule is Fc1ccc(-c2ccc(Br)cc2)cn1. The van der Waals surface area contributed by atoms with E-state index in [0.717, 1.165) is 15.6 Å². The fourth-order valence-electron chi connectivity index (χ4n) is 1.19. The molecule has 0 fully saturated rings. The predicted molar refractivity (Wildman–Crippen MR) is 57.3 cm³/mol. The van der Waals surface area contributed by atoms with Crippen LogP contribution in [0.15, 0.2) is 47.1 Å².